The molecule has 2 aromatic rings. The fraction of sp³-hybridized carbons (Fsp3) is 0.0769. The van der Waals surface area contributed by atoms with Crippen LogP contribution in [0.25, 0.3) is 0 Å². The smallest absolute Gasteiger partial charge is 0.164 e. The van der Waals surface area contributed by atoms with Gasteiger partial charge in [0, 0.05) is 6.54 Å². The Kier molecular flexibility index (Phi) is 3.42. The molecule has 0 bridgehead atoms. The minimum absolute atomic E-state index is 0.137. The van der Waals surface area contributed by atoms with Gasteiger partial charge in [-0.15, -0.1) is 0 Å². The summed E-state index contributed by atoms with van der Waals surface area (Å²) in [6, 6.07) is 14.7. The van der Waals surface area contributed by atoms with Gasteiger partial charge in [0.25, 0.3) is 0 Å². The van der Waals surface area contributed by atoms with Gasteiger partial charge < -0.3 is 5.32 Å². The molecule has 0 amide bonds. The van der Waals surface area contributed by atoms with Gasteiger partial charge in [-0.1, -0.05) is 48.0 Å². The first-order valence-corrected chi connectivity index (χ1v) is 5.37. The number of anilines is 1. The minimum atomic E-state index is -0.403. The van der Waals surface area contributed by atoms with Crippen LogP contribution in [0, 0.1) is 5.82 Å². The SMILES string of the molecule is Fc1c(Cl)cccc1NCc1ccccc1. The number of hydrogen-bond donors (Lipinski definition) is 1. The van der Waals surface area contributed by atoms with Gasteiger partial charge >= 0.3 is 0 Å². The molecule has 0 aliphatic rings. The third-order valence-corrected chi connectivity index (χ3v) is 2.57. The van der Waals surface area contributed by atoms with Crippen LogP contribution in [0.1, 0.15) is 5.56 Å². The van der Waals surface area contributed by atoms with Gasteiger partial charge in [-0.25, -0.2) is 4.39 Å². The van der Waals surface area contributed by atoms with E-state index < -0.39 is 5.82 Å². The van der Waals surface area contributed by atoms with Gasteiger partial charge in [-0.05, 0) is 17.7 Å². The molecule has 0 heterocycles. The van der Waals surface area contributed by atoms with E-state index in [4.69, 9.17) is 11.6 Å². The van der Waals surface area contributed by atoms with Crippen LogP contribution in [-0.2, 0) is 6.54 Å². The lowest BCUT2D eigenvalue weighted by molar-refractivity contribution is 0.630. The summed E-state index contributed by atoms with van der Waals surface area (Å²) in [6.45, 7) is 0.581. The molecule has 82 valence electrons. The normalized spacial score (nSPS) is 10.1. The summed E-state index contributed by atoms with van der Waals surface area (Å²) in [6.07, 6.45) is 0. The molecule has 1 nitrogen and oxygen atoms in total. The van der Waals surface area contributed by atoms with Gasteiger partial charge in [-0.2, -0.15) is 0 Å². The highest BCUT2D eigenvalue weighted by Crippen LogP contribution is 2.22. The Bertz CT molecular complexity index is 471. The van der Waals surface area contributed by atoms with Gasteiger partial charge in [0.1, 0.15) is 0 Å². The topological polar surface area (TPSA) is 12.0 Å². The van der Waals surface area contributed by atoms with Gasteiger partial charge in [0.05, 0.1) is 10.7 Å². The summed E-state index contributed by atoms with van der Waals surface area (Å²) in [5, 5.41) is 3.15. The van der Waals surface area contributed by atoms with Crippen molar-refractivity contribution in [2.75, 3.05) is 5.32 Å². The molecule has 2 rings (SSSR count). The molecule has 0 spiro atoms. The van der Waals surface area contributed by atoms with Crippen LogP contribution in [0.2, 0.25) is 5.02 Å². The molecule has 0 saturated heterocycles. The van der Waals surface area contributed by atoms with Crippen molar-refractivity contribution in [3.63, 3.8) is 0 Å². The Morgan fingerprint density at radius 3 is 2.50 bits per heavy atom. The second-order valence-corrected chi connectivity index (χ2v) is 3.85. The first-order valence-electron chi connectivity index (χ1n) is 4.99. The third kappa shape index (κ3) is 2.52. The lowest BCUT2D eigenvalue weighted by Crippen LogP contribution is -2.01. The van der Waals surface area contributed by atoms with E-state index in [1.807, 2.05) is 30.3 Å². The molecule has 16 heavy (non-hydrogen) atoms. The number of benzene rings is 2. The van der Waals surface area contributed by atoms with E-state index >= 15 is 0 Å². The summed E-state index contributed by atoms with van der Waals surface area (Å²) in [4.78, 5) is 0. The largest absolute Gasteiger partial charge is 0.379 e. The number of hydrogen-bond acceptors (Lipinski definition) is 1. The zero-order chi connectivity index (χ0) is 11.4. The van der Waals surface area contributed by atoms with E-state index in [2.05, 4.69) is 5.32 Å². The van der Waals surface area contributed by atoms with Crippen LogP contribution in [0.15, 0.2) is 48.5 Å². The summed E-state index contributed by atoms with van der Waals surface area (Å²) in [5.41, 5.74) is 1.53. The van der Waals surface area contributed by atoms with Gasteiger partial charge in [0.15, 0.2) is 5.82 Å². The van der Waals surface area contributed by atoms with Crippen LogP contribution in [0.4, 0.5) is 10.1 Å². The first-order chi connectivity index (χ1) is 7.77. The molecular weight excluding hydrogens is 225 g/mol. The summed E-state index contributed by atoms with van der Waals surface area (Å²) in [5.74, 6) is -0.403. The molecule has 0 atom stereocenters. The maximum atomic E-state index is 13.5. The molecule has 0 aromatic heterocycles. The van der Waals surface area contributed by atoms with Gasteiger partial charge in [-0.3, -0.25) is 0 Å². The van der Waals surface area contributed by atoms with Crippen molar-refractivity contribution in [3.8, 4) is 0 Å². The highest BCUT2D eigenvalue weighted by molar-refractivity contribution is 6.31. The molecule has 1 N–H and O–H groups in total. The average Bonchev–Trinajstić information content (AvgIpc) is 2.32. The highest BCUT2D eigenvalue weighted by atomic mass is 35.5. The standard InChI is InChI=1S/C13H11ClFN/c14-11-7-4-8-12(13(11)15)16-9-10-5-2-1-3-6-10/h1-8,16H,9H2. The quantitative estimate of drug-likeness (QED) is 0.845. The molecule has 0 aliphatic carbocycles. The second kappa shape index (κ2) is 4.99. The maximum Gasteiger partial charge on any atom is 0.164 e. The van der Waals surface area contributed by atoms with Crippen molar-refractivity contribution in [1.29, 1.82) is 0 Å². The van der Waals surface area contributed by atoms with Crippen molar-refractivity contribution in [2.24, 2.45) is 0 Å². The van der Waals surface area contributed by atoms with E-state index in [0.29, 0.717) is 12.2 Å². The predicted molar refractivity (Wildman–Crippen MR) is 65.2 cm³/mol. The zero-order valence-corrected chi connectivity index (χ0v) is 9.34. The predicted octanol–water partition coefficient (Wildman–Crippen LogP) is 4.09. The summed E-state index contributed by atoms with van der Waals surface area (Å²) < 4.78 is 13.5. The molecule has 0 unspecified atom stereocenters. The number of rotatable bonds is 3. The van der Waals surface area contributed by atoms with E-state index in [-0.39, 0.29) is 5.02 Å². The molecule has 0 aliphatic heterocycles. The summed E-state index contributed by atoms with van der Waals surface area (Å²) in [7, 11) is 0. The molecule has 0 radical (unpaired) electrons. The van der Waals surface area contributed by atoms with Gasteiger partial charge in [0.2, 0.25) is 0 Å². The average molecular weight is 236 g/mol. The fourth-order valence-corrected chi connectivity index (χ4v) is 1.61. The fourth-order valence-electron chi connectivity index (χ4n) is 1.43. The number of nitrogens with one attached hydrogen (secondary N) is 1. The number of halogens is 2. The van der Waals surface area contributed by atoms with Crippen molar-refractivity contribution < 1.29 is 4.39 Å². The van der Waals surface area contributed by atoms with Crippen LogP contribution in [-0.4, -0.2) is 0 Å². The lowest BCUT2D eigenvalue weighted by atomic mass is 10.2. The summed E-state index contributed by atoms with van der Waals surface area (Å²) >= 11 is 5.68. The third-order valence-electron chi connectivity index (χ3n) is 2.28. The molecule has 3 heteroatoms. The molecule has 0 fully saturated rings. The van der Waals surface area contributed by atoms with Crippen molar-refractivity contribution >= 4 is 17.3 Å². The van der Waals surface area contributed by atoms with Crippen LogP contribution < -0.4 is 5.32 Å². The van der Waals surface area contributed by atoms with E-state index in [0.717, 1.165) is 5.56 Å². The second-order valence-electron chi connectivity index (χ2n) is 3.44. The minimum Gasteiger partial charge on any atom is -0.379 e. The van der Waals surface area contributed by atoms with Crippen LogP contribution >= 0.6 is 11.6 Å². The van der Waals surface area contributed by atoms with E-state index in [1.165, 1.54) is 6.07 Å². The van der Waals surface area contributed by atoms with Crippen LogP contribution in [0.5, 0.6) is 0 Å². The monoisotopic (exact) mass is 235 g/mol. The molecule has 0 saturated carbocycles. The Hall–Kier alpha value is -1.54. The Balaban J connectivity index is 2.08. The highest BCUT2D eigenvalue weighted by Gasteiger charge is 2.04. The Morgan fingerprint density at radius 1 is 1.00 bits per heavy atom. The van der Waals surface area contributed by atoms with E-state index in [9.17, 15) is 4.39 Å². The van der Waals surface area contributed by atoms with Crippen molar-refractivity contribution in [1.82, 2.24) is 0 Å². The molecule has 2 aromatic carbocycles. The zero-order valence-electron chi connectivity index (χ0n) is 8.58. The van der Waals surface area contributed by atoms with E-state index in [1.54, 1.807) is 12.1 Å². The van der Waals surface area contributed by atoms with Crippen molar-refractivity contribution in [3.05, 3.63) is 64.9 Å². The molecular formula is C13H11ClFN. The van der Waals surface area contributed by atoms with Crippen molar-refractivity contribution in [2.45, 2.75) is 6.54 Å². The lowest BCUT2D eigenvalue weighted by Gasteiger charge is -2.08. The first kappa shape index (κ1) is 11.0. The maximum absolute atomic E-state index is 13.5. The Labute approximate surface area is 98.9 Å². The van der Waals surface area contributed by atoms with Crippen LogP contribution in [0.3, 0.4) is 0 Å². The Morgan fingerprint density at radius 2 is 1.75 bits per heavy atom.